The van der Waals surface area contributed by atoms with Crippen LogP contribution in [0.1, 0.15) is 37.3 Å². The van der Waals surface area contributed by atoms with E-state index in [0.717, 1.165) is 5.56 Å². The Hall–Kier alpha value is -1.72. The Bertz CT molecular complexity index is 516. The summed E-state index contributed by atoms with van der Waals surface area (Å²) < 4.78 is 10.3. The quantitative estimate of drug-likeness (QED) is 0.895. The number of methoxy groups -OCH3 is 1. The average molecular weight is 261 g/mol. The maximum Gasteiger partial charge on any atom is 0.257 e. The van der Waals surface area contributed by atoms with E-state index in [1.54, 1.807) is 7.11 Å². The second-order valence-electron chi connectivity index (χ2n) is 4.69. The van der Waals surface area contributed by atoms with Crippen molar-refractivity contribution in [3.63, 3.8) is 0 Å². The van der Waals surface area contributed by atoms with Gasteiger partial charge in [-0.1, -0.05) is 43.3 Å². The first-order valence-corrected chi connectivity index (χ1v) is 6.32. The molecule has 5 heteroatoms. The minimum absolute atomic E-state index is 0.310. The standard InChI is InChI=1S/C14H19N3O2/c1-9(2)10-4-6-11(7-5-10)13-16-14(19-17-13)12(8-15)18-3/h4-7,9,12H,8,15H2,1-3H3. The predicted octanol–water partition coefficient (Wildman–Crippen LogP) is 2.51. The molecule has 1 unspecified atom stereocenters. The second-order valence-corrected chi connectivity index (χ2v) is 4.69. The van der Waals surface area contributed by atoms with Crippen molar-refractivity contribution in [2.45, 2.75) is 25.9 Å². The number of benzene rings is 1. The average Bonchev–Trinajstić information content (AvgIpc) is 2.90. The van der Waals surface area contributed by atoms with Crippen LogP contribution in [0, 0.1) is 0 Å². The van der Waals surface area contributed by atoms with Crippen LogP contribution in [0.25, 0.3) is 11.4 Å². The molecule has 5 nitrogen and oxygen atoms in total. The number of hydrogen-bond acceptors (Lipinski definition) is 5. The highest BCUT2D eigenvalue weighted by molar-refractivity contribution is 5.54. The molecule has 0 aliphatic rings. The van der Waals surface area contributed by atoms with Crippen molar-refractivity contribution < 1.29 is 9.26 Å². The van der Waals surface area contributed by atoms with Gasteiger partial charge >= 0.3 is 0 Å². The molecular weight excluding hydrogens is 242 g/mol. The highest BCUT2D eigenvalue weighted by Gasteiger charge is 2.17. The van der Waals surface area contributed by atoms with Gasteiger partial charge in [-0.15, -0.1) is 0 Å². The molecule has 0 amide bonds. The smallest absolute Gasteiger partial charge is 0.257 e. The summed E-state index contributed by atoms with van der Waals surface area (Å²) in [5, 5.41) is 3.96. The Morgan fingerprint density at radius 3 is 2.47 bits per heavy atom. The SMILES string of the molecule is COC(CN)c1nc(-c2ccc(C(C)C)cc2)no1. The number of ether oxygens (including phenoxy) is 1. The fraction of sp³-hybridized carbons (Fsp3) is 0.429. The van der Waals surface area contributed by atoms with Gasteiger partial charge in [0.05, 0.1) is 0 Å². The lowest BCUT2D eigenvalue weighted by atomic mass is 10.0. The second kappa shape index (κ2) is 5.95. The minimum Gasteiger partial charge on any atom is -0.370 e. The first-order valence-electron chi connectivity index (χ1n) is 6.32. The van der Waals surface area contributed by atoms with Crippen LogP contribution in [0.4, 0.5) is 0 Å². The molecule has 0 spiro atoms. The monoisotopic (exact) mass is 261 g/mol. The fourth-order valence-corrected chi connectivity index (χ4v) is 1.80. The first kappa shape index (κ1) is 13.7. The van der Waals surface area contributed by atoms with Crippen LogP contribution < -0.4 is 5.73 Å². The lowest BCUT2D eigenvalue weighted by Gasteiger charge is -2.06. The number of hydrogen-bond donors (Lipinski definition) is 1. The lowest BCUT2D eigenvalue weighted by molar-refractivity contribution is 0.0804. The molecular formula is C14H19N3O2. The van der Waals surface area contributed by atoms with Gasteiger partial charge < -0.3 is 15.0 Å². The van der Waals surface area contributed by atoms with Gasteiger partial charge in [-0.2, -0.15) is 4.98 Å². The Morgan fingerprint density at radius 2 is 1.95 bits per heavy atom. The van der Waals surface area contributed by atoms with E-state index >= 15 is 0 Å². The molecule has 1 atom stereocenters. The normalized spacial score (nSPS) is 12.9. The topological polar surface area (TPSA) is 74.2 Å². The molecule has 1 heterocycles. The van der Waals surface area contributed by atoms with E-state index in [4.69, 9.17) is 15.0 Å². The highest BCUT2D eigenvalue weighted by Crippen LogP contribution is 2.22. The maximum atomic E-state index is 5.56. The van der Waals surface area contributed by atoms with Gasteiger partial charge in [0.1, 0.15) is 6.10 Å². The summed E-state index contributed by atoms with van der Waals surface area (Å²) in [5.74, 6) is 1.47. The molecule has 1 aromatic heterocycles. The summed E-state index contributed by atoms with van der Waals surface area (Å²) in [6.45, 7) is 4.63. The van der Waals surface area contributed by atoms with E-state index in [-0.39, 0.29) is 6.10 Å². The Morgan fingerprint density at radius 1 is 1.26 bits per heavy atom. The molecule has 0 fully saturated rings. The van der Waals surface area contributed by atoms with Crippen molar-refractivity contribution in [2.24, 2.45) is 5.73 Å². The third-order valence-electron chi connectivity index (χ3n) is 3.05. The van der Waals surface area contributed by atoms with Crippen LogP contribution in [-0.4, -0.2) is 23.8 Å². The van der Waals surface area contributed by atoms with Crippen LogP contribution >= 0.6 is 0 Å². The zero-order valence-corrected chi connectivity index (χ0v) is 11.5. The molecule has 19 heavy (non-hydrogen) atoms. The summed E-state index contributed by atoms with van der Waals surface area (Å²) in [6.07, 6.45) is -0.351. The molecule has 0 saturated carbocycles. The van der Waals surface area contributed by atoms with Crippen molar-refractivity contribution in [3.8, 4) is 11.4 Å². The van der Waals surface area contributed by atoms with Crippen LogP contribution in [0.15, 0.2) is 28.8 Å². The Labute approximate surface area is 112 Å². The molecule has 0 aliphatic carbocycles. The van der Waals surface area contributed by atoms with Crippen molar-refractivity contribution in [2.75, 3.05) is 13.7 Å². The zero-order chi connectivity index (χ0) is 13.8. The van der Waals surface area contributed by atoms with Gasteiger partial charge in [0.2, 0.25) is 5.82 Å². The maximum absolute atomic E-state index is 5.56. The van der Waals surface area contributed by atoms with E-state index in [1.165, 1.54) is 5.56 Å². The number of rotatable bonds is 5. The molecule has 0 aliphatic heterocycles. The lowest BCUT2D eigenvalue weighted by Crippen LogP contribution is -2.14. The van der Waals surface area contributed by atoms with Crippen molar-refractivity contribution in [3.05, 3.63) is 35.7 Å². The molecule has 1 aromatic carbocycles. The Balaban J connectivity index is 2.22. The third-order valence-corrected chi connectivity index (χ3v) is 3.05. The molecule has 2 aromatic rings. The van der Waals surface area contributed by atoms with Gasteiger partial charge in [0.15, 0.2) is 0 Å². The van der Waals surface area contributed by atoms with Gasteiger partial charge in [0, 0.05) is 19.2 Å². The van der Waals surface area contributed by atoms with Gasteiger partial charge in [0.25, 0.3) is 5.89 Å². The van der Waals surface area contributed by atoms with Gasteiger partial charge in [-0.3, -0.25) is 0 Å². The van der Waals surface area contributed by atoms with Crippen molar-refractivity contribution in [1.29, 1.82) is 0 Å². The summed E-state index contributed by atoms with van der Waals surface area (Å²) in [4.78, 5) is 4.31. The van der Waals surface area contributed by atoms with E-state index in [9.17, 15) is 0 Å². The number of nitrogens with two attached hydrogens (primary N) is 1. The highest BCUT2D eigenvalue weighted by atomic mass is 16.5. The van der Waals surface area contributed by atoms with Crippen LogP contribution in [0.5, 0.6) is 0 Å². The predicted molar refractivity (Wildman–Crippen MR) is 72.6 cm³/mol. The third kappa shape index (κ3) is 3.00. The summed E-state index contributed by atoms with van der Waals surface area (Å²) in [7, 11) is 1.57. The molecule has 0 radical (unpaired) electrons. The molecule has 0 bridgehead atoms. The fourth-order valence-electron chi connectivity index (χ4n) is 1.80. The van der Waals surface area contributed by atoms with Crippen molar-refractivity contribution >= 4 is 0 Å². The Kier molecular flexibility index (Phi) is 4.29. The zero-order valence-electron chi connectivity index (χ0n) is 11.5. The van der Waals surface area contributed by atoms with E-state index in [1.807, 2.05) is 12.1 Å². The van der Waals surface area contributed by atoms with E-state index in [2.05, 4.69) is 36.1 Å². The van der Waals surface area contributed by atoms with Crippen LogP contribution in [0.2, 0.25) is 0 Å². The van der Waals surface area contributed by atoms with E-state index in [0.29, 0.717) is 24.2 Å². The van der Waals surface area contributed by atoms with Gasteiger partial charge in [-0.25, -0.2) is 0 Å². The molecule has 2 N–H and O–H groups in total. The summed E-state index contributed by atoms with van der Waals surface area (Å²) in [5.41, 5.74) is 7.77. The molecule has 0 saturated heterocycles. The number of nitrogens with zero attached hydrogens (tertiary/aromatic N) is 2. The van der Waals surface area contributed by atoms with Crippen LogP contribution in [-0.2, 0) is 4.74 Å². The molecule has 102 valence electrons. The summed E-state index contributed by atoms with van der Waals surface area (Å²) in [6, 6.07) is 8.14. The largest absolute Gasteiger partial charge is 0.370 e. The van der Waals surface area contributed by atoms with Gasteiger partial charge in [-0.05, 0) is 11.5 Å². The molecule has 2 rings (SSSR count). The van der Waals surface area contributed by atoms with E-state index < -0.39 is 0 Å². The van der Waals surface area contributed by atoms with Crippen molar-refractivity contribution in [1.82, 2.24) is 10.1 Å². The summed E-state index contributed by atoms with van der Waals surface area (Å²) >= 11 is 0. The minimum atomic E-state index is -0.351. The first-order chi connectivity index (χ1) is 9.15. The van der Waals surface area contributed by atoms with Crippen LogP contribution in [0.3, 0.4) is 0 Å². The number of aromatic nitrogens is 2.